The van der Waals surface area contributed by atoms with Gasteiger partial charge in [-0.25, -0.2) is 14.4 Å². The highest BCUT2D eigenvalue weighted by atomic mass is 32.2. The minimum absolute atomic E-state index is 0.0380. The smallest absolute Gasteiger partial charge is 0.482 e. The standard InChI is InChI=1S/3C20H24F3NO6S.C11H16BNO3/c3*1-13-12-24(17(25)29-18(2,3)4)10-9-19(13)11-16(30-31(26,27)20(21,22)23)14-7-5-6-8-15(14)28-19;1-3-13(4-2)11(14)9-5-7-10(8-6-9)12(15)16/h3*5-8,11,13H,9-10,12H2,1-4H3;5-8,15-16H,3-4H2,1-2H3. The van der Waals surface area contributed by atoms with Crippen molar-refractivity contribution in [2.24, 2.45) is 17.8 Å². The number of piperidine rings is 3. The molecular weight excluding hydrogens is 1520 g/mol. The molecule has 602 valence electrons. The zero-order chi connectivity index (χ0) is 81.9. The number of benzene rings is 4. The number of hydrogen-bond donors (Lipinski definition) is 2. The minimum atomic E-state index is -5.87. The molecule has 3 spiro atoms. The van der Waals surface area contributed by atoms with Crippen LogP contribution < -0.4 is 19.7 Å². The summed E-state index contributed by atoms with van der Waals surface area (Å²) in [5.41, 5.74) is -20.9. The fourth-order valence-electron chi connectivity index (χ4n) is 12.0. The number of fused-ring (bicyclic) bond motifs is 3. The average molecular weight is 1610 g/mol. The second kappa shape index (κ2) is 32.8. The highest BCUT2D eigenvalue weighted by molar-refractivity contribution is 7.88. The number of ether oxygens (including phenoxy) is 6. The lowest BCUT2D eigenvalue weighted by atomic mass is 9.79. The molecule has 0 saturated carbocycles. The molecule has 38 heteroatoms. The van der Waals surface area contributed by atoms with Crippen molar-refractivity contribution < 1.29 is 135 Å². The summed E-state index contributed by atoms with van der Waals surface area (Å²) >= 11 is 0. The number of likely N-dealkylation sites (tertiary alicyclic amines) is 3. The topological polar surface area (TPSA) is 307 Å². The van der Waals surface area contributed by atoms with E-state index in [0.29, 0.717) is 24.1 Å². The van der Waals surface area contributed by atoms with E-state index in [1.54, 1.807) is 130 Å². The zero-order valence-corrected chi connectivity index (χ0v) is 64.6. The van der Waals surface area contributed by atoms with Crippen LogP contribution in [-0.2, 0) is 57.1 Å². The molecule has 6 heterocycles. The number of para-hydroxylation sites is 3. The van der Waals surface area contributed by atoms with E-state index in [1.807, 2.05) is 13.8 Å². The molecule has 0 aliphatic carbocycles. The van der Waals surface area contributed by atoms with Gasteiger partial charge < -0.3 is 70.6 Å². The van der Waals surface area contributed by atoms with Crippen molar-refractivity contribution in [1.29, 1.82) is 0 Å². The Kier molecular flexibility index (Phi) is 26.3. The Morgan fingerprint density at radius 1 is 0.459 bits per heavy atom. The van der Waals surface area contributed by atoms with E-state index in [2.05, 4.69) is 12.5 Å². The van der Waals surface area contributed by atoms with Gasteiger partial charge in [0.2, 0.25) is 0 Å². The monoisotopic (exact) mass is 1610 g/mol. The predicted octanol–water partition coefficient (Wildman–Crippen LogP) is 12.8. The van der Waals surface area contributed by atoms with E-state index in [9.17, 15) is 83.9 Å². The minimum Gasteiger partial charge on any atom is -0.482 e. The molecule has 0 aromatic heterocycles. The Hall–Kier alpha value is -8.62. The lowest BCUT2D eigenvalue weighted by Crippen LogP contribution is -2.56. The number of alkyl halides is 9. The van der Waals surface area contributed by atoms with Crippen LogP contribution in [0.25, 0.3) is 17.3 Å². The first-order valence-electron chi connectivity index (χ1n) is 34.3. The molecule has 6 aliphatic rings. The van der Waals surface area contributed by atoms with Gasteiger partial charge in [-0.2, -0.15) is 64.8 Å². The molecule has 3 saturated heterocycles. The summed E-state index contributed by atoms with van der Waals surface area (Å²) in [6.07, 6.45) is 2.92. The molecule has 4 amide bonds. The first-order chi connectivity index (χ1) is 50.0. The third kappa shape index (κ3) is 21.5. The summed E-state index contributed by atoms with van der Waals surface area (Å²) in [6.45, 7) is 27.4. The van der Waals surface area contributed by atoms with Gasteiger partial charge in [-0.1, -0.05) is 69.3 Å². The van der Waals surface area contributed by atoms with Crippen molar-refractivity contribution in [3.05, 3.63) is 138 Å². The van der Waals surface area contributed by atoms with Crippen LogP contribution in [0.4, 0.5) is 53.9 Å². The van der Waals surface area contributed by atoms with Gasteiger partial charge in [0.25, 0.3) is 5.91 Å². The molecule has 4 aromatic rings. The lowest BCUT2D eigenvalue weighted by Gasteiger charge is -2.46. The van der Waals surface area contributed by atoms with E-state index in [1.165, 1.54) is 87.5 Å². The highest BCUT2D eigenvalue weighted by Crippen LogP contribution is 2.49. The van der Waals surface area contributed by atoms with Crippen LogP contribution in [0, 0.1) is 17.8 Å². The second-order valence-corrected chi connectivity index (χ2v) is 34.0. The maximum absolute atomic E-state index is 12.9. The molecular formula is C71H88BF9N4O21S3. The zero-order valence-electron chi connectivity index (χ0n) is 62.1. The lowest BCUT2D eigenvalue weighted by molar-refractivity contribution is -0.0518. The van der Waals surface area contributed by atoms with Crippen molar-refractivity contribution in [3.63, 3.8) is 0 Å². The molecule has 25 nitrogen and oxygen atoms in total. The second-order valence-electron chi connectivity index (χ2n) is 29.3. The summed E-state index contributed by atoms with van der Waals surface area (Å²) in [7, 11) is -19.1. The van der Waals surface area contributed by atoms with Gasteiger partial charge in [0.15, 0.2) is 17.3 Å². The van der Waals surface area contributed by atoms with Crippen LogP contribution in [0.1, 0.15) is 143 Å². The Bertz CT molecular complexity index is 4040. The van der Waals surface area contributed by atoms with Crippen LogP contribution >= 0.6 is 0 Å². The number of carbonyl (C=O) groups is 4. The number of amides is 4. The van der Waals surface area contributed by atoms with Crippen LogP contribution in [0.15, 0.2) is 115 Å². The quantitative estimate of drug-likeness (QED) is 0.0490. The van der Waals surface area contributed by atoms with Gasteiger partial charge in [-0.3, -0.25) is 4.79 Å². The van der Waals surface area contributed by atoms with E-state index in [4.69, 9.17) is 38.5 Å². The first kappa shape index (κ1) is 87.6. The van der Waals surface area contributed by atoms with Crippen molar-refractivity contribution in [3.8, 4) is 17.2 Å². The van der Waals surface area contributed by atoms with E-state index >= 15 is 0 Å². The Morgan fingerprint density at radius 3 is 0.936 bits per heavy atom. The maximum Gasteiger partial charge on any atom is 0.534 e. The summed E-state index contributed by atoms with van der Waals surface area (Å²) < 4.78 is 234. The van der Waals surface area contributed by atoms with Crippen molar-refractivity contribution in [2.75, 3.05) is 52.4 Å². The normalized spacial score (nSPS) is 22.1. The number of hydrogen-bond acceptors (Lipinski definition) is 21. The van der Waals surface area contributed by atoms with E-state index < -0.39 is 141 Å². The van der Waals surface area contributed by atoms with Crippen LogP contribution in [0.2, 0.25) is 0 Å². The molecule has 10 rings (SSSR count). The highest BCUT2D eigenvalue weighted by Gasteiger charge is 2.55. The number of halogens is 9. The van der Waals surface area contributed by atoms with Crippen LogP contribution in [0.5, 0.6) is 17.2 Å². The van der Waals surface area contributed by atoms with Gasteiger partial charge in [-0.05, 0) is 130 Å². The summed E-state index contributed by atoms with van der Waals surface area (Å²) in [5, 5.41) is 17.8. The van der Waals surface area contributed by atoms with Gasteiger partial charge >= 0.3 is 72.3 Å². The number of nitrogens with zero attached hydrogens (tertiary/aromatic N) is 4. The molecule has 2 N–H and O–H groups in total. The Morgan fingerprint density at radius 2 is 0.716 bits per heavy atom. The molecule has 0 bridgehead atoms. The van der Waals surface area contributed by atoms with E-state index in [0.717, 1.165) is 0 Å². The third-order valence-corrected chi connectivity index (χ3v) is 20.6. The molecule has 4 aromatic carbocycles. The molecule has 3 fully saturated rings. The summed E-state index contributed by atoms with van der Waals surface area (Å²) in [4.78, 5) is 55.3. The van der Waals surface area contributed by atoms with E-state index in [-0.39, 0.29) is 98.4 Å². The summed E-state index contributed by atoms with van der Waals surface area (Å²) in [5.74, 6) is -1.95. The third-order valence-electron chi connectivity index (χ3n) is 17.7. The fourth-order valence-corrected chi connectivity index (χ4v) is 13.5. The molecule has 6 atom stereocenters. The SMILES string of the molecule is CC1CN(C(=O)OC(C)(C)C)CCC12C=C(OS(=O)(=O)C(F)(F)F)c1ccccc1O2.CC1CN(C(=O)OC(C)(C)C)CCC12C=C(OS(=O)(=O)C(F)(F)F)c1ccccc1O2.CC1CN(C(=O)OC(C)(C)C)CCC12C=C(OS(=O)(=O)C(F)(F)F)c1ccccc1O2.CCN(CC)C(=O)c1ccc(B(O)O)cc1. The predicted molar refractivity (Wildman–Crippen MR) is 380 cm³/mol. The molecule has 109 heavy (non-hydrogen) atoms. The first-order valence-corrected chi connectivity index (χ1v) is 38.5. The van der Waals surface area contributed by atoms with Crippen LogP contribution in [-0.4, -0.2) is 189 Å². The number of rotatable bonds is 10. The van der Waals surface area contributed by atoms with Crippen molar-refractivity contribution >= 4 is 84.4 Å². The van der Waals surface area contributed by atoms with Crippen molar-refractivity contribution in [1.82, 2.24) is 19.6 Å². The maximum atomic E-state index is 12.9. The van der Waals surface area contributed by atoms with Gasteiger partial charge in [-0.15, -0.1) is 0 Å². The van der Waals surface area contributed by atoms with Crippen molar-refractivity contribution in [2.45, 2.75) is 166 Å². The molecule has 6 unspecified atom stereocenters. The Labute approximate surface area is 627 Å². The average Bonchev–Trinajstić information content (AvgIpc) is 0.757. The van der Waals surface area contributed by atoms with Crippen LogP contribution in [0.3, 0.4) is 0 Å². The largest absolute Gasteiger partial charge is 0.534 e. The van der Waals surface area contributed by atoms with Gasteiger partial charge in [0.05, 0.1) is 16.7 Å². The molecule has 0 radical (unpaired) electrons. The number of carbonyl (C=O) groups excluding carboxylic acids is 4. The fraction of sp³-hybridized carbons (Fsp3) is 0.521. The van der Waals surface area contributed by atoms with Gasteiger partial charge in [0, 0.05) is 113 Å². The Balaban J connectivity index is 0.000000207. The van der Waals surface area contributed by atoms with Gasteiger partial charge in [0.1, 0.15) is 50.9 Å². The summed E-state index contributed by atoms with van der Waals surface area (Å²) in [6, 6.07) is 24.6. The molecule has 6 aliphatic heterocycles.